The Bertz CT molecular complexity index is 191. The highest BCUT2D eigenvalue weighted by Gasteiger charge is 2.19. The Morgan fingerprint density at radius 3 is 2.73 bits per heavy atom. The second kappa shape index (κ2) is 6.99. The molecule has 4 heteroatoms. The van der Waals surface area contributed by atoms with Gasteiger partial charge in [-0.05, 0) is 37.2 Å². The summed E-state index contributed by atoms with van der Waals surface area (Å²) >= 11 is 1.82. The Kier molecular flexibility index (Phi) is 5.91. The molecule has 0 saturated carbocycles. The van der Waals surface area contributed by atoms with Crippen LogP contribution in [0.2, 0.25) is 0 Å². The number of hydrogen-bond acceptors (Lipinski definition) is 2. The maximum absolute atomic E-state index is 11.7. The summed E-state index contributed by atoms with van der Waals surface area (Å²) in [5.41, 5.74) is 0. The summed E-state index contributed by atoms with van der Waals surface area (Å²) < 4.78 is 0. The molecule has 15 heavy (non-hydrogen) atoms. The van der Waals surface area contributed by atoms with Gasteiger partial charge in [0, 0.05) is 19.6 Å². The van der Waals surface area contributed by atoms with Crippen LogP contribution < -0.4 is 5.32 Å². The molecular formula is C11H22N2OS. The summed E-state index contributed by atoms with van der Waals surface area (Å²) in [6.45, 7) is 4.92. The molecule has 0 bridgehead atoms. The normalized spacial score (nSPS) is 17.9. The lowest BCUT2D eigenvalue weighted by atomic mass is 10.00. The molecule has 0 aromatic heterocycles. The van der Waals surface area contributed by atoms with Crippen LogP contribution in [-0.2, 0) is 0 Å². The third kappa shape index (κ3) is 4.78. The van der Waals surface area contributed by atoms with Gasteiger partial charge in [-0.15, -0.1) is 0 Å². The molecule has 1 fully saturated rings. The van der Waals surface area contributed by atoms with Crippen LogP contribution in [0.15, 0.2) is 0 Å². The molecule has 3 nitrogen and oxygen atoms in total. The minimum atomic E-state index is 0.128. The fraction of sp³-hybridized carbons (Fsp3) is 0.909. The number of thioether (sulfide) groups is 1. The van der Waals surface area contributed by atoms with Gasteiger partial charge >= 0.3 is 6.03 Å². The summed E-state index contributed by atoms with van der Waals surface area (Å²) in [7, 11) is 0. The zero-order chi connectivity index (χ0) is 11.1. The molecule has 1 rings (SSSR count). The molecular weight excluding hydrogens is 208 g/mol. The van der Waals surface area contributed by atoms with Gasteiger partial charge in [0.15, 0.2) is 0 Å². The number of rotatable bonds is 4. The minimum Gasteiger partial charge on any atom is -0.338 e. The number of urea groups is 1. The van der Waals surface area contributed by atoms with Crippen LogP contribution in [0.25, 0.3) is 0 Å². The largest absolute Gasteiger partial charge is 0.338 e. The highest BCUT2D eigenvalue weighted by molar-refractivity contribution is 7.98. The summed E-state index contributed by atoms with van der Waals surface area (Å²) in [5.74, 6) is 1.91. The molecule has 0 radical (unpaired) electrons. The van der Waals surface area contributed by atoms with E-state index in [9.17, 15) is 4.79 Å². The highest BCUT2D eigenvalue weighted by Crippen LogP contribution is 2.15. The van der Waals surface area contributed by atoms with Gasteiger partial charge in [-0.2, -0.15) is 11.8 Å². The predicted molar refractivity (Wildman–Crippen MR) is 66.4 cm³/mol. The molecule has 1 saturated heterocycles. The lowest BCUT2D eigenvalue weighted by Crippen LogP contribution is -2.44. The van der Waals surface area contributed by atoms with Gasteiger partial charge in [-0.25, -0.2) is 4.79 Å². The number of hydrogen-bond donors (Lipinski definition) is 1. The maximum Gasteiger partial charge on any atom is 0.317 e. The van der Waals surface area contributed by atoms with Crippen LogP contribution in [0, 0.1) is 5.92 Å². The van der Waals surface area contributed by atoms with Crippen molar-refractivity contribution in [1.82, 2.24) is 10.2 Å². The summed E-state index contributed by atoms with van der Waals surface area (Å²) in [4.78, 5) is 13.6. The van der Waals surface area contributed by atoms with Crippen molar-refractivity contribution in [2.24, 2.45) is 5.92 Å². The first-order chi connectivity index (χ1) is 7.24. The van der Waals surface area contributed by atoms with Gasteiger partial charge in [-0.1, -0.05) is 6.92 Å². The minimum absolute atomic E-state index is 0.128. The Hall–Kier alpha value is -0.380. The fourth-order valence-electron chi connectivity index (χ4n) is 1.74. The first kappa shape index (κ1) is 12.7. The zero-order valence-corrected chi connectivity index (χ0v) is 10.6. The lowest BCUT2D eigenvalue weighted by molar-refractivity contribution is 0.174. The monoisotopic (exact) mass is 230 g/mol. The zero-order valence-electron chi connectivity index (χ0n) is 9.79. The lowest BCUT2D eigenvalue weighted by Gasteiger charge is -2.30. The Balaban J connectivity index is 2.11. The van der Waals surface area contributed by atoms with Crippen molar-refractivity contribution in [3.63, 3.8) is 0 Å². The van der Waals surface area contributed by atoms with E-state index in [4.69, 9.17) is 0 Å². The van der Waals surface area contributed by atoms with E-state index >= 15 is 0 Å². The predicted octanol–water partition coefficient (Wildman–Crippen LogP) is 2.18. The van der Waals surface area contributed by atoms with Crippen LogP contribution >= 0.6 is 11.8 Å². The standard InChI is InChI=1S/C11H22N2OS/c1-10-4-7-13(8-5-10)11(14)12-6-3-9-15-2/h10H,3-9H2,1-2H3,(H,12,14). The average Bonchev–Trinajstić information content (AvgIpc) is 2.25. The summed E-state index contributed by atoms with van der Waals surface area (Å²) in [6.07, 6.45) is 5.46. The Morgan fingerprint density at radius 2 is 2.13 bits per heavy atom. The van der Waals surface area contributed by atoms with Crippen molar-refractivity contribution in [1.29, 1.82) is 0 Å². The third-order valence-corrected chi connectivity index (χ3v) is 3.57. The van der Waals surface area contributed by atoms with Gasteiger partial charge < -0.3 is 10.2 Å². The van der Waals surface area contributed by atoms with Crippen LogP contribution in [-0.4, -0.2) is 42.6 Å². The number of carbonyl (C=O) groups is 1. The van der Waals surface area contributed by atoms with Crippen molar-refractivity contribution in [3.05, 3.63) is 0 Å². The van der Waals surface area contributed by atoms with Crippen LogP contribution in [0.3, 0.4) is 0 Å². The summed E-state index contributed by atoms with van der Waals surface area (Å²) in [5, 5.41) is 2.98. The van der Waals surface area contributed by atoms with Gasteiger partial charge in [0.25, 0.3) is 0 Å². The number of amides is 2. The number of nitrogens with zero attached hydrogens (tertiary/aromatic N) is 1. The second-order valence-electron chi connectivity index (χ2n) is 4.25. The summed E-state index contributed by atoms with van der Waals surface area (Å²) in [6, 6.07) is 0.128. The van der Waals surface area contributed by atoms with E-state index in [1.54, 1.807) is 0 Å². The number of nitrogens with one attached hydrogen (secondary N) is 1. The molecule has 88 valence electrons. The van der Waals surface area contributed by atoms with Crippen molar-refractivity contribution in [2.75, 3.05) is 31.6 Å². The molecule has 0 spiro atoms. The van der Waals surface area contributed by atoms with Gasteiger partial charge in [0.1, 0.15) is 0 Å². The molecule has 0 atom stereocenters. The molecule has 0 unspecified atom stereocenters. The van der Waals surface area contributed by atoms with Crippen molar-refractivity contribution < 1.29 is 4.79 Å². The molecule has 0 aromatic carbocycles. The van der Waals surface area contributed by atoms with Gasteiger partial charge in [0.05, 0.1) is 0 Å². The average molecular weight is 230 g/mol. The molecule has 1 N–H and O–H groups in total. The van der Waals surface area contributed by atoms with E-state index < -0.39 is 0 Å². The van der Waals surface area contributed by atoms with Crippen molar-refractivity contribution in [3.8, 4) is 0 Å². The number of likely N-dealkylation sites (tertiary alicyclic amines) is 1. The Labute approximate surface area is 97.0 Å². The SMILES string of the molecule is CSCCCNC(=O)N1CCC(C)CC1. The highest BCUT2D eigenvalue weighted by atomic mass is 32.2. The second-order valence-corrected chi connectivity index (χ2v) is 5.23. The van der Waals surface area contributed by atoms with E-state index in [2.05, 4.69) is 18.5 Å². The van der Waals surface area contributed by atoms with Gasteiger partial charge in [0.2, 0.25) is 0 Å². The van der Waals surface area contributed by atoms with Crippen LogP contribution in [0.5, 0.6) is 0 Å². The van der Waals surface area contributed by atoms with Crippen LogP contribution in [0.1, 0.15) is 26.2 Å². The topological polar surface area (TPSA) is 32.3 Å². The molecule has 1 heterocycles. The van der Waals surface area contributed by atoms with Crippen molar-refractivity contribution in [2.45, 2.75) is 26.2 Å². The van der Waals surface area contributed by atoms with E-state index in [0.29, 0.717) is 0 Å². The van der Waals surface area contributed by atoms with Crippen LogP contribution in [0.4, 0.5) is 4.79 Å². The molecule has 1 aliphatic heterocycles. The number of carbonyl (C=O) groups excluding carboxylic acids is 1. The van der Waals surface area contributed by atoms with E-state index in [1.165, 1.54) is 0 Å². The molecule has 0 aliphatic carbocycles. The maximum atomic E-state index is 11.7. The van der Waals surface area contributed by atoms with E-state index in [-0.39, 0.29) is 6.03 Å². The number of piperidine rings is 1. The molecule has 1 aliphatic rings. The third-order valence-electron chi connectivity index (χ3n) is 2.87. The van der Waals surface area contributed by atoms with E-state index in [0.717, 1.165) is 50.6 Å². The quantitative estimate of drug-likeness (QED) is 0.751. The Morgan fingerprint density at radius 1 is 1.47 bits per heavy atom. The molecule has 2 amide bonds. The molecule has 0 aromatic rings. The first-order valence-corrected chi connectivity index (χ1v) is 7.15. The van der Waals surface area contributed by atoms with E-state index in [1.807, 2.05) is 16.7 Å². The van der Waals surface area contributed by atoms with Crippen molar-refractivity contribution >= 4 is 17.8 Å². The first-order valence-electron chi connectivity index (χ1n) is 5.75. The fourth-order valence-corrected chi connectivity index (χ4v) is 2.17. The smallest absolute Gasteiger partial charge is 0.317 e. The van der Waals surface area contributed by atoms with Gasteiger partial charge in [-0.3, -0.25) is 0 Å².